The lowest BCUT2D eigenvalue weighted by molar-refractivity contribution is -0.282. The van der Waals surface area contributed by atoms with E-state index in [1.54, 1.807) is 12.1 Å². The Morgan fingerprint density at radius 2 is 1.59 bits per heavy atom. The maximum atomic E-state index is 14.2. The number of benzene rings is 2. The Kier molecular flexibility index (Phi) is 5.71. The number of halogens is 8. The van der Waals surface area contributed by atoms with Crippen LogP contribution in [0.2, 0.25) is 10.0 Å². The predicted octanol–water partition coefficient (Wildman–Crippen LogP) is 5.23. The third kappa shape index (κ3) is 3.86. The molecule has 2 atom stereocenters. The minimum atomic E-state index is -5.07. The van der Waals surface area contributed by atoms with Crippen LogP contribution in [0.4, 0.5) is 26.3 Å². The van der Waals surface area contributed by atoms with Crippen molar-refractivity contribution in [2.45, 2.75) is 36.0 Å². The zero-order valence-electron chi connectivity index (χ0n) is 16.0. The third-order valence-electron chi connectivity index (χ3n) is 5.81. The number of nitrogens with one attached hydrogen (secondary N) is 2. The molecule has 2 aliphatic heterocycles. The van der Waals surface area contributed by atoms with Gasteiger partial charge in [0.05, 0.1) is 21.7 Å². The van der Waals surface area contributed by atoms with Crippen molar-refractivity contribution in [1.29, 1.82) is 0 Å². The number of hydroxylamine groups is 1. The topological polar surface area (TPSA) is 53.5 Å². The summed E-state index contributed by atoms with van der Waals surface area (Å²) in [5.41, 5.74) is -3.11. The van der Waals surface area contributed by atoms with Crippen LogP contribution in [0.25, 0.3) is 0 Å². The first-order chi connectivity index (χ1) is 14.8. The molecule has 0 aliphatic carbocycles. The largest absolute Gasteiger partial charge is 0.423 e. The van der Waals surface area contributed by atoms with E-state index in [-0.39, 0.29) is 0 Å². The Morgan fingerprint density at radius 1 is 0.969 bits per heavy atom. The van der Waals surface area contributed by atoms with Crippen LogP contribution in [-0.4, -0.2) is 24.4 Å². The molecule has 0 amide bonds. The van der Waals surface area contributed by atoms with E-state index in [0.717, 1.165) is 6.07 Å². The first kappa shape index (κ1) is 23.6. The van der Waals surface area contributed by atoms with E-state index in [0.29, 0.717) is 30.3 Å². The lowest BCUT2D eigenvalue weighted by Crippen LogP contribution is -2.56. The number of hydrogen-bond donors (Lipinski definition) is 3. The Hall–Kier alpha value is -1.56. The summed E-state index contributed by atoms with van der Waals surface area (Å²) in [6, 6.07) is 6.32. The van der Waals surface area contributed by atoms with Crippen LogP contribution in [-0.2, 0) is 22.2 Å². The summed E-state index contributed by atoms with van der Waals surface area (Å²) in [5, 5.41) is 11.7. The van der Waals surface area contributed by atoms with Gasteiger partial charge in [0.2, 0.25) is 5.60 Å². The molecular formula is C20H16Cl2F6N2O2. The molecule has 0 saturated carbocycles. The second kappa shape index (κ2) is 7.75. The van der Waals surface area contributed by atoms with Gasteiger partial charge in [0, 0.05) is 19.5 Å². The summed E-state index contributed by atoms with van der Waals surface area (Å²) >= 11 is 11.3. The van der Waals surface area contributed by atoms with E-state index < -0.39 is 57.2 Å². The minimum absolute atomic E-state index is 0.313. The first-order valence-corrected chi connectivity index (χ1v) is 10.1. The molecular weight excluding hydrogens is 485 g/mol. The van der Waals surface area contributed by atoms with E-state index in [9.17, 15) is 31.4 Å². The summed E-state index contributed by atoms with van der Waals surface area (Å²) in [4.78, 5) is 4.95. The van der Waals surface area contributed by atoms with Crippen molar-refractivity contribution in [3.63, 3.8) is 0 Å². The Labute approximate surface area is 188 Å². The molecule has 4 rings (SSSR count). The summed E-state index contributed by atoms with van der Waals surface area (Å²) in [7, 11) is 0. The summed E-state index contributed by atoms with van der Waals surface area (Å²) in [6.45, 7) is 0.709. The highest BCUT2D eigenvalue weighted by Crippen LogP contribution is 2.53. The third-order valence-corrected chi connectivity index (χ3v) is 6.61. The molecule has 0 radical (unpaired) electrons. The highest BCUT2D eigenvalue weighted by Gasteiger charge is 2.62. The molecule has 2 heterocycles. The van der Waals surface area contributed by atoms with Crippen LogP contribution < -0.4 is 10.8 Å². The number of alkyl halides is 6. The van der Waals surface area contributed by atoms with E-state index in [4.69, 9.17) is 28.0 Å². The van der Waals surface area contributed by atoms with E-state index in [2.05, 4.69) is 10.8 Å². The van der Waals surface area contributed by atoms with Gasteiger partial charge in [-0.15, -0.1) is 0 Å². The van der Waals surface area contributed by atoms with Gasteiger partial charge in [-0.1, -0.05) is 47.5 Å². The molecule has 2 saturated heterocycles. The quantitative estimate of drug-likeness (QED) is 0.505. The van der Waals surface area contributed by atoms with E-state index in [1.165, 1.54) is 12.1 Å². The van der Waals surface area contributed by atoms with Crippen LogP contribution in [0.1, 0.15) is 34.7 Å². The van der Waals surface area contributed by atoms with Gasteiger partial charge in [0.1, 0.15) is 5.60 Å². The van der Waals surface area contributed by atoms with Crippen molar-refractivity contribution in [2.24, 2.45) is 0 Å². The number of hydrogen-bond acceptors (Lipinski definition) is 4. The molecule has 32 heavy (non-hydrogen) atoms. The van der Waals surface area contributed by atoms with Gasteiger partial charge in [-0.05, 0) is 28.8 Å². The highest BCUT2D eigenvalue weighted by atomic mass is 35.5. The SMILES string of the molecule is OC1(c2ccc(C3CC(c4cc(Cl)c(Cl)c(C(F)(F)F)c4)(C(F)(F)F)ON3)cc2)CNC1. The average molecular weight is 501 g/mol. The van der Waals surface area contributed by atoms with Crippen molar-refractivity contribution < 1.29 is 36.3 Å². The fourth-order valence-corrected chi connectivity index (χ4v) is 4.30. The van der Waals surface area contributed by atoms with Crippen molar-refractivity contribution >= 4 is 23.2 Å². The molecule has 12 heteroatoms. The van der Waals surface area contributed by atoms with Gasteiger partial charge in [-0.25, -0.2) is 0 Å². The number of β-amino-alcohol motifs (C(OH)–C–C–N with tert-alkyl or cyclic N) is 1. The molecule has 2 fully saturated rings. The maximum absolute atomic E-state index is 14.2. The van der Waals surface area contributed by atoms with Gasteiger partial charge >= 0.3 is 12.4 Å². The van der Waals surface area contributed by atoms with Crippen LogP contribution in [0.3, 0.4) is 0 Å². The Morgan fingerprint density at radius 3 is 2.09 bits per heavy atom. The van der Waals surface area contributed by atoms with E-state index >= 15 is 0 Å². The number of aliphatic hydroxyl groups is 1. The van der Waals surface area contributed by atoms with E-state index in [1.807, 2.05) is 0 Å². The lowest BCUT2D eigenvalue weighted by Gasteiger charge is -2.38. The van der Waals surface area contributed by atoms with Crippen LogP contribution in [0, 0.1) is 0 Å². The highest BCUT2D eigenvalue weighted by molar-refractivity contribution is 6.42. The molecule has 2 aliphatic rings. The zero-order valence-corrected chi connectivity index (χ0v) is 17.6. The normalized spacial score (nSPS) is 25.6. The van der Waals surface area contributed by atoms with Gasteiger partial charge in [-0.3, -0.25) is 4.84 Å². The fourth-order valence-electron chi connectivity index (χ4n) is 3.86. The molecule has 0 bridgehead atoms. The monoisotopic (exact) mass is 500 g/mol. The second-order valence-electron chi connectivity index (χ2n) is 7.88. The molecule has 2 unspecified atom stereocenters. The van der Waals surface area contributed by atoms with Gasteiger partial charge in [0.15, 0.2) is 0 Å². The summed E-state index contributed by atoms with van der Waals surface area (Å²) in [6.07, 6.45) is -10.8. The van der Waals surface area contributed by atoms with Crippen molar-refractivity contribution in [1.82, 2.24) is 10.8 Å². The fraction of sp³-hybridized carbons (Fsp3) is 0.400. The molecule has 174 valence electrons. The molecule has 4 nitrogen and oxygen atoms in total. The molecule has 0 spiro atoms. The maximum Gasteiger partial charge on any atom is 0.423 e. The van der Waals surface area contributed by atoms with Gasteiger partial charge in [0.25, 0.3) is 0 Å². The molecule has 2 aromatic carbocycles. The Balaban J connectivity index is 1.70. The molecule has 0 aromatic heterocycles. The molecule has 3 N–H and O–H groups in total. The predicted molar refractivity (Wildman–Crippen MR) is 104 cm³/mol. The lowest BCUT2D eigenvalue weighted by atomic mass is 9.83. The van der Waals surface area contributed by atoms with Crippen LogP contribution in [0.15, 0.2) is 36.4 Å². The average Bonchev–Trinajstić information content (AvgIpc) is 3.14. The van der Waals surface area contributed by atoms with Crippen molar-refractivity contribution in [3.8, 4) is 0 Å². The minimum Gasteiger partial charge on any atom is -0.382 e. The number of rotatable bonds is 3. The summed E-state index contributed by atoms with van der Waals surface area (Å²) < 4.78 is 82.5. The Bertz CT molecular complexity index is 1020. The smallest absolute Gasteiger partial charge is 0.382 e. The van der Waals surface area contributed by atoms with Crippen molar-refractivity contribution in [2.75, 3.05) is 13.1 Å². The standard InChI is InChI=1S/C20H16Cl2F6N2O2/c21-14-6-12(5-13(16(14)22)19(23,24)25)18(20(26,27)28)7-15(30-32-18)10-1-3-11(4-2-10)17(31)8-29-9-17/h1-6,15,29-31H,7-9H2. The van der Waals surface area contributed by atoms with Crippen LogP contribution >= 0.6 is 23.2 Å². The van der Waals surface area contributed by atoms with Crippen molar-refractivity contribution in [3.05, 3.63) is 68.7 Å². The zero-order chi connectivity index (χ0) is 23.5. The summed E-state index contributed by atoms with van der Waals surface area (Å²) in [5.74, 6) is 0. The first-order valence-electron chi connectivity index (χ1n) is 9.37. The van der Waals surface area contributed by atoms with Gasteiger partial charge < -0.3 is 10.4 Å². The second-order valence-corrected chi connectivity index (χ2v) is 8.66. The molecule has 2 aromatic rings. The van der Waals surface area contributed by atoms with Gasteiger partial charge in [-0.2, -0.15) is 31.8 Å². The van der Waals surface area contributed by atoms with Crippen LogP contribution in [0.5, 0.6) is 0 Å².